The lowest BCUT2D eigenvalue weighted by Gasteiger charge is -2.27. The second-order valence-corrected chi connectivity index (χ2v) is 4.88. The highest BCUT2D eigenvalue weighted by Crippen LogP contribution is 2.49. The quantitative estimate of drug-likeness (QED) is 0.516. The smallest absolute Gasteiger partial charge is 0.194 e. The summed E-state index contributed by atoms with van der Waals surface area (Å²) in [5.41, 5.74) is 0.105. The molecule has 0 aliphatic heterocycles. The summed E-state index contributed by atoms with van der Waals surface area (Å²) >= 11 is 0. The van der Waals surface area contributed by atoms with Crippen molar-refractivity contribution in [3.63, 3.8) is 0 Å². The molecule has 0 nitrogen and oxygen atoms in total. The second-order valence-electron chi connectivity index (χ2n) is 4.88. The van der Waals surface area contributed by atoms with E-state index in [1.54, 1.807) is 13.8 Å². The Morgan fingerprint density at radius 1 is 0.500 bits per heavy atom. The SMILES string of the molecule is CC.CC.Cc1ccc(C(F)(F)C(F)(F)c2ccc(C)cc2)cc1. The van der Waals surface area contributed by atoms with Crippen molar-refractivity contribution in [2.45, 2.75) is 53.4 Å². The molecule has 0 N–H and O–H groups in total. The van der Waals surface area contributed by atoms with Crippen LogP contribution in [-0.2, 0) is 11.8 Å². The van der Waals surface area contributed by atoms with Crippen LogP contribution in [0.4, 0.5) is 17.6 Å². The maximum absolute atomic E-state index is 14.1. The Morgan fingerprint density at radius 3 is 0.917 bits per heavy atom. The maximum atomic E-state index is 14.1. The lowest BCUT2D eigenvalue weighted by molar-refractivity contribution is -0.223. The van der Waals surface area contributed by atoms with Gasteiger partial charge in [-0.25, -0.2) is 0 Å². The van der Waals surface area contributed by atoms with Gasteiger partial charge in [0.1, 0.15) is 0 Å². The van der Waals surface area contributed by atoms with Gasteiger partial charge < -0.3 is 0 Å². The van der Waals surface area contributed by atoms with E-state index in [1.165, 1.54) is 24.3 Å². The zero-order chi connectivity index (χ0) is 19.0. The maximum Gasteiger partial charge on any atom is 0.339 e. The minimum absolute atomic E-state index is 0.686. The van der Waals surface area contributed by atoms with Crippen molar-refractivity contribution in [1.82, 2.24) is 0 Å². The first kappa shape index (κ1) is 22.2. The summed E-state index contributed by atoms with van der Waals surface area (Å²) in [5.74, 6) is -8.51. The highest BCUT2D eigenvalue weighted by Gasteiger charge is 2.58. The Hall–Kier alpha value is -1.84. The first-order valence-electron chi connectivity index (χ1n) is 8.15. The van der Waals surface area contributed by atoms with Crippen LogP contribution in [0.5, 0.6) is 0 Å². The number of halogens is 4. The van der Waals surface area contributed by atoms with Gasteiger partial charge in [-0.15, -0.1) is 0 Å². The number of hydrogen-bond acceptors (Lipinski definition) is 0. The van der Waals surface area contributed by atoms with Crippen molar-refractivity contribution >= 4 is 0 Å². The number of alkyl halides is 4. The highest BCUT2D eigenvalue weighted by molar-refractivity contribution is 5.32. The molecule has 0 amide bonds. The summed E-state index contributed by atoms with van der Waals surface area (Å²) < 4.78 is 56.4. The molecule has 0 aromatic heterocycles. The average molecular weight is 342 g/mol. The van der Waals surface area contributed by atoms with E-state index in [4.69, 9.17) is 0 Å². The molecular formula is C20H26F4. The molecule has 0 atom stereocenters. The number of benzene rings is 2. The van der Waals surface area contributed by atoms with Gasteiger partial charge in [0.2, 0.25) is 0 Å². The monoisotopic (exact) mass is 342 g/mol. The Kier molecular flexibility index (Phi) is 8.73. The standard InChI is InChI=1S/C16H14F4.2C2H6/c1-11-3-7-13(8-4-11)15(17,18)16(19,20)14-9-5-12(2)6-10-14;2*1-2/h3-10H,1-2H3;2*1-2H3. The number of aryl methyl sites for hydroxylation is 2. The predicted molar refractivity (Wildman–Crippen MR) is 92.8 cm³/mol. The largest absolute Gasteiger partial charge is 0.339 e. The fourth-order valence-electron chi connectivity index (χ4n) is 1.89. The van der Waals surface area contributed by atoms with Crippen molar-refractivity contribution in [3.8, 4) is 0 Å². The summed E-state index contributed by atoms with van der Waals surface area (Å²) in [4.78, 5) is 0. The summed E-state index contributed by atoms with van der Waals surface area (Å²) in [6, 6.07) is 9.75. The van der Waals surface area contributed by atoms with Crippen molar-refractivity contribution in [1.29, 1.82) is 0 Å². The molecule has 0 bridgehead atoms. The van der Waals surface area contributed by atoms with Crippen molar-refractivity contribution in [2.75, 3.05) is 0 Å². The molecule has 0 aliphatic rings. The van der Waals surface area contributed by atoms with Gasteiger partial charge >= 0.3 is 11.8 Å². The molecule has 24 heavy (non-hydrogen) atoms. The van der Waals surface area contributed by atoms with Gasteiger partial charge in [-0.2, -0.15) is 17.6 Å². The van der Waals surface area contributed by atoms with Crippen LogP contribution in [0.2, 0.25) is 0 Å². The average Bonchev–Trinajstić information content (AvgIpc) is 2.59. The first-order valence-corrected chi connectivity index (χ1v) is 8.15. The minimum Gasteiger partial charge on any atom is -0.194 e. The van der Waals surface area contributed by atoms with Crippen LogP contribution in [0.25, 0.3) is 0 Å². The zero-order valence-corrected chi connectivity index (χ0v) is 15.1. The van der Waals surface area contributed by atoms with Crippen LogP contribution in [0.15, 0.2) is 48.5 Å². The summed E-state index contributed by atoms with van der Waals surface area (Å²) in [5, 5.41) is 0. The van der Waals surface area contributed by atoms with Crippen LogP contribution < -0.4 is 0 Å². The molecule has 2 aromatic rings. The van der Waals surface area contributed by atoms with Crippen LogP contribution in [0.3, 0.4) is 0 Å². The van der Waals surface area contributed by atoms with Crippen LogP contribution in [-0.4, -0.2) is 0 Å². The molecule has 2 rings (SSSR count). The Balaban J connectivity index is 0.00000123. The van der Waals surface area contributed by atoms with E-state index in [-0.39, 0.29) is 0 Å². The Labute approximate surface area is 142 Å². The van der Waals surface area contributed by atoms with Crippen LogP contribution >= 0.6 is 0 Å². The highest BCUT2D eigenvalue weighted by atomic mass is 19.3. The summed E-state index contributed by atoms with van der Waals surface area (Å²) in [6.07, 6.45) is 0. The Morgan fingerprint density at radius 2 is 0.708 bits per heavy atom. The fraction of sp³-hybridized carbons (Fsp3) is 0.400. The van der Waals surface area contributed by atoms with E-state index < -0.39 is 23.0 Å². The molecule has 134 valence electrons. The lowest BCUT2D eigenvalue weighted by Crippen LogP contribution is -2.35. The van der Waals surface area contributed by atoms with E-state index in [0.717, 1.165) is 35.4 Å². The molecule has 0 radical (unpaired) electrons. The van der Waals surface area contributed by atoms with Gasteiger partial charge in [0.15, 0.2) is 0 Å². The van der Waals surface area contributed by atoms with Gasteiger partial charge in [-0.1, -0.05) is 87.4 Å². The van der Waals surface area contributed by atoms with E-state index in [2.05, 4.69) is 0 Å². The molecule has 2 aromatic carbocycles. The zero-order valence-electron chi connectivity index (χ0n) is 15.1. The lowest BCUT2D eigenvalue weighted by atomic mass is 9.95. The third-order valence-corrected chi connectivity index (χ3v) is 3.22. The third kappa shape index (κ3) is 4.83. The molecule has 0 unspecified atom stereocenters. The normalized spacial score (nSPS) is 10.9. The molecule has 0 heterocycles. The Bertz CT molecular complexity index is 529. The van der Waals surface area contributed by atoms with Gasteiger partial charge in [0.25, 0.3) is 0 Å². The van der Waals surface area contributed by atoms with Crippen molar-refractivity contribution in [3.05, 3.63) is 70.8 Å². The summed E-state index contributed by atoms with van der Waals surface area (Å²) in [7, 11) is 0. The molecule has 0 aliphatic carbocycles. The van der Waals surface area contributed by atoms with E-state index in [9.17, 15) is 17.6 Å². The number of rotatable bonds is 3. The number of hydrogen-bond donors (Lipinski definition) is 0. The third-order valence-electron chi connectivity index (χ3n) is 3.22. The van der Waals surface area contributed by atoms with E-state index >= 15 is 0 Å². The topological polar surface area (TPSA) is 0 Å². The van der Waals surface area contributed by atoms with Crippen LogP contribution in [0, 0.1) is 13.8 Å². The van der Waals surface area contributed by atoms with Gasteiger partial charge in [0, 0.05) is 11.1 Å². The van der Waals surface area contributed by atoms with Crippen molar-refractivity contribution in [2.24, 2.45) is 0 Å². The molecular weight excluding hydrogens is 316 g/mol. The van der Waals surface area contributed by atoms with Crippen molar-refractivity contribution < 1.29 is 17.6 Å². The molecule has 4 heteroatoms. The van der Waals surface area contributed by atoms with E-state index in [0.29, 0.717) is 0 Å². The minimum atomic E-state index is -4.25. The fourth-order valence-corrected chi connectivity index (χ4v) is 1.89. The molecule has 0 saturated heterocycles. The molecule has 0 spiro atoms. The van der Waals surface area contributed by atoms with Gasteiger partial charge in [0.05, 0.1) is 0 Å². The van der Waals surface area contributed by atoms with E-state index in [1.807, 2.05) is 27.7 Å². The predicted octanol–water partition coefficient (Wildman–Crippen LogP) is 7.24. The molecule has 0 saturated carbocycles. The summed E-state index contributed by atoms with van der Waals surface area (Å²) in [6.45, 7) is 11.4. The first-order chi connectivity index (χ1) is 11.2. The van der Waals surface area contributed by atoms with Gasteiger partial charge in [-0.05, 0) is 13.8 Å². The molecule has 0 fully saturated rings. The van der Waals surface area contributed by atoms with Crippen LogP contribution in [0.1, 0.15) is 49.9 Å². The van der Waals surface area contributed by atoms with Gasteiger partial charge in [-0.3, -0.25) is 0 Å². The second kappa shape index (κ2) is 9.45.